The molecule has 2 aromatic rings. The minimum Gasteiger partial charge on any atom is -0.356 e. The number of anilines is 1. The molecule has 5 rings (SSSR count). The second kappa shape index (κ2) is 7.06. The minimum absolute atomic E-state index is 0.0756. The van der Waals surface area contributed by atoms with E-state index in [4.69, 9.17) is 5.10 Å². The third-order valence-electron chi connectivity index (χ3n) is 6.47. The van der Waals surface area contributed by atoms with Gasteiger partial charge >= 0.3 is 0 Å². The van der Waals surface area contributed by atoms with Crippen LogP contribution in [0.1, 0.15) is 54.6 Å². The van der Waals surface area contributed by atoms with E-state index in [2.05, 4.69) is 14.9 Å². The molecule has 0 atom stereocenters. The zero-order chi connectivity index (χ0) is 18.2. The fraction of sp³-hybridized carbons (Fsp3) is 0.619. The number of piperidine rings is 1. The minimum atomic E-state index is 0.0756. The standard InChI is InChI=1S/C21H27N5O/c27-20-12-16-4-1-2-6-18(16)24-26(20)13-15-8-10-25(11-9-15)21-17-5-3-7-19(17)22-14-23-21/h12,14-15H,1-11,13H2. The number of nitrogens with zero attached hydrogens (tertiary/aromatic N) is 5. The van der Waals surface area contributed by atoms with E-state index in [1.165, 1.54) is 36.1 Å². The predicted molar refractivity (Wildman–Crippen MR) is 104 cm³/mol. The fourth-order valence-electron chi connectivity index (χ4n) is 4.92. The highest BCUT2D eigenvalue weighted by Crippen LogP contribution is 2.30. The zero-order valence-corrected chi connectivity index (χ0v) is 15.9. The number of hydrogen-bond donors (Lipinski definition) is 0. The Labute approximate surface area is 159 Å². The summed E-state index contributed by atoms with van der Waals surface area (Å²) in [6.07, 6.45) is 11.7. The summed E-state index contributed by atoms with van der Waals surface area (Å²) in [5, 5.41) is 4.70. The summed E-state index contributed by atoms with van der Waals surface area (Å²) < 4.78 is 1.73. The van der Waals surface area contributed by atoms with Crippen LogP contribution >= 0.6 is 0 Å². The molecule has 0 amide bonds. The first-order valence-electron chi connectivity index (χ1n) is 10.5. The van der Waals surface area contributed by atoms with E-state index < -0.39 is 0 Å². The van der Waals surface area contributed by atoms with Gasteiger partial charge in [-0.1, -0.05) is 0 Å². The number of aryl methyl sites for hydroxylation is 3. The maximum absolute atomic E-state index is 12.5. The summed E-state index contributed by atoms with van der Waals surface area (Å²) in [4.78, 5) is 23.9. The maximum atomic E-state index is 12.5. The Hall–Kier alpha value is -2.24. The van der Waals surface area contributed by atoms with Crippen LogP contribution in [0.15, 0.2) is 17.2 Å². The van der Waals surface area contributed by atoms with Crippen LogP contribution in [-0.4, -0.2) is 32.8 Å². The monoisotopic (exact) mass is 365 g/mol. The highest BCUT2D eigenvalue weighted by Gasteiger charge is 2.26. The Morgan fingerprint density at radius 2 is 1.78 bits per heavy atom. The van der Waals surface area contributed by atoms with Crippen molar-refractivity contribution in [3.8, 4) is 0 Å². The molecule has 0 spiro atoms. The van der Waals surface area contributed by atoms with Gasteiger partial charge in [0.05, 0.1) is 5.69 Å². The van der Waals surface area contributed by atoms with E-state index in [1.54, 1.807) is 11.0 Å². The molecule has 2 aromatic heterocycles. The molecule has 0 bridgehead atoms. The van der Waals surface area contributed by atoms with Gasteiger partial charge < -0.3 is 4.90 Å². The number of aromatic nitrogens is 4. The van der Waals surface area contributed by atoms with Crippen molar-refractivity contribution in [3.05, 3.63) is 45.3 Å². The quantitative estimate of drug-likeness (QED) is 0.835. The molecule has 6 nitrogen and oxygen atoms in total. The van der Waals surface area contributed by atoms with Crippen molar-refractivity contribution in [2.75, 3.05) is 18.0 Å². The van der Waals surface area contributed by atoms with Crippen molar-refractivity contribution in [1.29, 1.82) is 0 Å². The normalized spacial score (nSPS) is 19.8. The number of hydrogen-bond acceptors (Lipinski definition) is 5. The molecule has 142 valence electrons. The second-order valence-electron chi connectivity index (χ2n) is 8.25. The van der Waals surface area contributed by atoms with Crippen molar-refractivity contribution in [2.45, 2.75) is 64.3 Å². The van der Waals surface area contributed by atoms with Crippen LogP contribution in [0.25, 0.3) is 0 Å². The summed E-state index contributed by atoms with van der Waals surface area (Å²) >= 11 is 0. The maximum Gasteiger partial charge on any atom is 0.267 e. The largest absolute Gasteiger partial charge is 0.356 e. The zero-order valence-electron chi connectivity index (χ0n) is 15.9. The highest BCUT2D eigenvalue weighted by molar-refractivity contribution is 5.50. The first-order valence-corrected chi connectivity index (χ1v) is 10.5. The molecule has 27 heavy (non-hydrogen) atoms. The lowest BCUT2D eigenvalue weighted by molar-refractivity contribution is 0.331. The van der Waals surface area contributed by atoms with Gasteiger partial charge in [-0.2, -0.15) is 5.10 Å². The van der Waals surface area contributed by atoms with Crippen LogP contribution in [0.3, 0.4) is 0 Å². The lowest BCUT2D eigenvalue weighted by atomic mass is 9.95. The van der Waals surface area contributed by atoms with Gasteiger partial charge in [-0.05, 0) is 69.3 Å². The average Bonchev–Trinajstić information content (AvgIpc) is 3.18. The summed E-state index contributed by atoms with van der Waals surface area (Å²) in [6.45, 7) is 2.77. The summed E-state index contributed by atoms with van der Waals surface area (Å²) in [7, 11) is 0. The molecule has 0 unspecified atom stereocenters. The molecule has 3 aliphatic rings. The molecule has 0 saturated carbocycles. The van der Waals surface area contributed by atoms with E-state index in [-0.39, 0.29) is 5.56 Å². The van der Waals surface area contributed by atoms with Gasteiger partial charge in [0.25, 0.3) is 5.56 Å². The fourth-order valence-corrected chi connectivity index (χ4v) is 4.92. The molecule has 0 N–H and O–H groups in total. The molecule has 1 saturated heterocycles. The molecule has 1 fully saturated rings. The molecular weight excluding hydrogens is 338 g/mol. The summed E-state index contributed by atoms with van der Waals surface area (Å²) in [5.74, 6) is 1.67. The smallest absolute Gasteiger partial charge is 0.267 e. The third kappa shape index (κ3) is 3.26. The lowest BCUT2D eigenvalue weighted by Crippen LogP contribution is -2.38. The van der Waals surface area contributed by atoms with Gasteiger partial charge in [0, 0.05) is 37.0 Å². The lowest BCUT2D eigenvalue weighted by Gasteiger charge is -2.33. The van der Waals surface area contributed by atoms with Gasteiger partial charge in [-0.3, -0.25) is 4.79 Å². The molecule has 0 radical (unpaired) electrons. The molecule has 0 aromatic carbocycles. The predicted octanol–water partition coefficient (Wildman–Crippen LogP) is 2.32. The Morgan fingerprint density at radius 3 is 2.67 bits per heavy atom. The van der Waals surface area contributed by atoms with Crippen molar-refractivity contribution in [3.63, 3.8) is 0 Å². The average molecular weight is 365 g/mol. The Bertz CT molecular complexity index is 898. The summed E-state index contributed by atoms with van der Waals surface area (Å²) in [6, 6.07) is 1.83. The van der Waals surface area contributed by atoms with Gasteiger partial charge in [0.2, 0.25) is 0 Å². The molecule has 1 aliphatic heterocycles. The van der Waals surface area contributed by atoms with Gasteiger partial charge in [-0.15, -0.1) is 0 Å². The van der Waals surface area contributed by atoms with Gasteiger partial charge in [-0.25, -0.2) is 14.6 Å². The van der Waals surface area contributed by atoms with Crippen LogP contribution in [-0.2, 0) is 32.2 Å². The van der Waals surface area contributed by atoms with Crippen LogP contribution in [0.4, 0.5) is 5.82 Å². The molecule has 6 heteroatoms. The summed E-state index contributed by atoms with van der Waals surface area (Å²) in [5.41, 5.74) is 5.01. The first-order chi connectivity index (χ1) is 13.3. The van der Waals surface area contributed by atoms with Crippen LogP contribution in [0, 0.1) is 5.92 Å². The van der Waals surface area contributed by atoms with Crippen molar-refractivity contribution < 1.29 is 0 Å². The number of rotatable bonds is 3. The van der Waals surface area contributed by atoms with E-state index in [9.17, 15) is 4.79 Å². The third-order valence-corrected chi connectivity index (χ3v) is 6.47. The second-order valence-corrected chi connectivity index (χ2v) is 8.25. The van der Waals surface area contributed by atoms with Crippen LogP contribution in [0.2, 0.25) is 0 Å². The highest BCUT2D eigenvalue weighted by atomic mass is 16.1. The Kier molecular flexibility index (Phi) is 4.42. The van der Waals surface area contributed by atoms with Crippen LogP contribution < -0.4 is 10.5 Å². The molecule has 2 aliphatic carbocycles. The van der Waals surface area contributed by atoms with Crippen LogP contribution in [0.5, 0.6) is 0 Å². The first kappa shape index (κ1) is 16.9. The van der Waals surface area contributed by atoms with Crippen molar-refractivity contribution in [2.24, 2.45) is 5.92 Å². The topological polar surface area (TPSA) is 63.9 Å². The Morgan fingerprint density at radius 1 is 0.963 bits per heavy atom. The van der Waals surface area contributed by atoms with E-state index in [1.807, 2.05) is 6.07 Å². The van der Waals surface area contributed by atoms with Gasteiger partial charge in [0.15, 0.2) is 0 Å². The SMILES string of the molecule is O=c1cc2c(nn1CC1CCN(c3ncnc4c3CCC4)CC1)CCCC2. The van der Waals surface area contributed by atoms with Crippen molar-refractivity contribution in [1.82, 2.24) is 19.7 Å². The van der Waals surface area contributed by atoms with E-state index in [0.717, 1.165) is 69.7 Å². The molecule has 3 heterocycles. The van der Waals surface area contributed by atoms with E-state index in [0.29, 0.717) is 5.92 Å². The van der Waals surface area contributed by atoms with Crippen molar-refractivity contribution >= 4 is 5.82 Å². The molecular formula is C21H27N5O. The van der Waals surface area contributed by atoms with Gasteiger partial charge in [0.1, 0.15) is 12.1 Å². The Balaban J connectivity index is 1.27. The van der Waals surface area contributed by atoms with E-state index >= 15 is 0 Å². The number of fused-ring (bicyclic) bond motifs is 2.